The van der Waals surface area contributed by atoms with Crippen molar-refractivity contribution >= 4 is 0 Å². The monoisotopic (exact) mass is 170 g/mol. The van der Waals surface area contributed by atoms with E-state index in [4.69, 9.17) is 10.5 Å². The Kier molecular flexibility index (Phi) is 1.91. The van der Waals surface area contributed by atoms with E-state index < -0.39 is 0 Å². The van der Waals surface area contributed by atoms with Gasteiger partial charge in [0.15, 0.2) is 0 Å². The predicted molar refractivity (Wildman–Crippen MR) is 48.2 cm³/mol. The van der Waals surface area contributed by atoms with E-state index in [1.165, 1.54) is 19.3 Å². The van der Waals surface area contributed by atoms with Crippen LogP contribution in [-0.4, -0.2) is 0 Å². The molecule has 1 fully saturated rings. The second-order valence-corrected chi connectivity index (χ2v) is 3.64. The smallest absolute Gasteiger partial charge is 0.100 e. The van der Waals surface area contributed by atoms with Gasteiger partial charge in [0.25, 0.3) is 0 Å². The number of allylic oxidation sites excluding steroid dienone is 4. The van der Waals surface area contributed by atoms with Crippen LogP contribution in [-0.2, 0) is 0 Å². The second kappa shape index (κ2) is 3.07. The van der Waals surface area contributed by atoms with Crippen LogP contribution in [0.5, 0.6) is 0 Å². The zero-order valence-electron chi connectivity index (χ0n) is 7.33. The van der Waals surface area contributed by atoms with E-state index in [-0.39, 0.29) is 0 Å². The van der Waals surface area contributed by atoms with Crippen LogP contribution in [0.1, 0.15) is 19.3 Å². The quantitative estimate of drug-likeness (QED) is 0.560. The van der Waals surface area contributed by atoms with Crippen LogP contribution >= 0.6 is 0 Å². The SMILES string of the molecule is N#CC1=C[C@@H]2CCC[C@@H]2C=C1C#N. The first kappa shape index (κ1) is 8.08. The van der Waals surface area contributed by atoms with E-state index in [0.717, 1.165) is 0 Å². The van der Waals surface area contributed by atoms with Gasteiger partial charge in [-0.15, -0.1) is 0 Å². The molecule has 0 bridgehead atoms. The molecule has 2 rings (SSSR count). The van der Waals surface area contributed by atoms with Gasteiger partial charge in [-0.1, -0.05) is 18.6 Å². The van der Waals surface area contributed by atoms with Crippen LogP contribution < -0.4 is 0 Å². The summed E-state index contributed by atoms with van der Waals surface area (Å²) in [4.78, 5) is 0. The molecule has 0 aromatic rings. The van der Waals surface area contributed by atoms with E-state index in [9.17, 15) is 0 Å². The van der Waals surface area contributed by atoms with Crippen LogP contribution in [0.15, 0.2) is 23.3 Å². The van der Waals surface area contributed by atoms with Gasteiger partial charge in [0.05, 0.1) is 11.1 Å². The molecule has 2 nitrogen and oxygen atoms in total. The molecule has 0 aromatic carbocycles. The van der Waals surface area contributed by atoms with Crippen molar-refractivity contribution in [2.75, 3.05) is 0 Å². The largest absolute Gasteiger partial charge is 0.192 e. The highest BCUT2D eigenvalue weighted by Crippen LogP contribution is 2.39. The zero-order valence-corrected chi connectivity index (χ0v) is 7.33. The molecule has 0 N–H and O–H groups in total. The molecule has 0 spiro atoms. The lowest BCUT2D eigenvalue weighted by atomic mass is 9.85. The minimum Gasteiger partial charge on any atom is -0.192 e. The highest BCUT2D eigenvalue weighted by Gasteiger charge is 2.28. The third kappa shape index (κ3) is 1.25. The molecule has 2 heteroatoms. The van der Waals surface area contributed by atoms with E-state index in [0.29, 0.717) is 23.0 Å². The Morgan fingerprint density at radius 3 is 1.85 bits per heavy atom. The normalized spacial score (nSPS) is 30.9. The average molecular weight is 170 g/mol. The topological polar surface area (TPSA) is 47.6 Å². The lowest BCUT2D eigenvalue weighted by Gasteiger charge is -2.17. The molecular weight excluding hydrogens is 160 g/mol. The van der Waals surface area contributed by atoms with Gasteiger partial charge in [0, 0.05) is 0 Å². The summed E-state index contributed by atoms with van der Waals surface area (Å²) in [7, 11) is 0. The predicted octanol–water partition coefficient (Wildman–Crippen LogP) is 2.32. The highest BCUT2D eigenvalue weighted by molar-refractivity contribution is 5.52. The van der Waals surface area contributed by atoms with Gasteiger partial charge < -0.3 is 0 Å². The Bertz CT molecular complexity index is 327. The van der Waals surface area contributed by atoms with Gasteiger partial charge in [-0.3, -0.25) is 0 Å². The van der Waals surface area contributed by atoms with Gasteiger partial charge in [-0.25, -0.2) is 0 Å². The van der Waals surface area contributed by atoms with Crippen molar-refractivity contribution in [3.63, 3.8) is 0 Å². The lowest BCUT2D eigenvalue weighted by molar-refractivity contribution is 0.547. The molecule has 0 amide bonds. The Morgan fingerprint density at radius 2 is 1.46 bits per heavy atom. The number of fused-ring (bicyclic) bond motifs is 1. The molecule has 0 radical (unpaired) electrons. The summed E-state index contributed by atoms with van der Waals surface area (Å²) in [5.41, 5.74) is 1.15. The molecule has 0 aromatic heterocycles. The second-order valence-electron chi connectivity index (χ2n) is 3.64. The minimum atomic E-state index is 0.520. The molecule has 0 unspecified atom stereocenters. The molecule has 0 aliphatic heterocycles. The van der Waals surface area contributed by atoms with E-state index in [1.807, 2.05) is 12.2 Å². The first-order chi connectivity index (χ1) is 6.35. The number of nitriles is 2. The minimum absolute atomic E-state index is 0.520. The maximum atomic E-state index is 8.80. The first-order valence-electron chi connectivity index (χ1n) is 4.59. The summed E-state index contributed by atoms with van der Waals surface area (Å²) < 4.78 is 0. The summed E-state index contributed by atoms with van der Waals surface area (Å²) in [6.07, 6.45) is 7.53. The third-order valence-electron chi connectivity index (χ3n) is 2.92. The van der Waals surface area contributed by atoms with Crippen molar-refractivity contribution in [3.8, 4) is 12.1 Å². The van der Waals surface area contributed by atoms with E-state index in [2.05, 4.69) is 12.1 Å². The zero-order chi connectivity index (χ0) is 9.26. The summed E-state index contributed by atoms with van der Waals surface area (Å²) in [6.45, 7) is 0. The Morgan fingerprint density at radius 1 is 1.00 bits per heavy atom. The van der Waals surface area contributed by atoms with Crippen LogP contribution in [0.2, 0.25) is 0 Å². The molecule has 0 saturated heterocycles. The summed E-state index contributed by atoms with van der Waals surface area (Å²) in [5.74, 6) is 1.04. The molecule has 2 aliphatic carbocycles. The number of nitrogens with zero attached hydrogens (tertiary/aromatic N) is 2. The Balaban J connectivity index is 2.36. The molecule has 1 saturated carbocycles. The molecule has 2 aliphatic rings. The fourth-order valence-electron chi connectivity index (χ4n) is 2.23. The average Bonchev–Trinajstić information content (AvgIpc) is 2.62. The molecule has 0 heterocycles. The number of hydrogen-bond acceptors (Lipinski definition) is 2. The van der Waals surface area contributed by atoms with E-state index >= 15 is 0 Å². The summed E-state index contributed by atoms with van der Waals surface area (Å²) >= 11 is 0. The Hall–Kier alpha value is -1.54. The van der Waals surface area contributed by atoms with Crippen LogP contribution in [0.4, 0.5) is 0 Å². The highest BCUT2D eigenvalue weighted by atomic mass is 14.4. The summed E-state index contributed by atoms with van der Waals surface area (Å²) in [6, 6.07) is 4.18. The number of hydrogen-bond donors (Lipinski definition) is 0. The van der Waals surface area contributed by atoms with Crippen molar-refractivity contribution < 1.29 is 0 Å². The van der Waals surface area contributed by atoms with Crippen LogP contribution in [0.25, 0.3) is 0 Å². The molecule has 13 heavy (non-hydrogen) atoms. The fourth-order valence-corrected chi connectivity index (χ4v) is 2.23. The van der Waals surface area contributed by atoms with Gasteiger partial charge in [-0.05, 0) is 24.7 Å². The Labute approximate surface area is 77.8 Å². The standard InChI is InChI=1S/C11H10N2/c12-6-10-4-8-2-1-3-9(8)5-11(10)7-13/h4-5,8-9H,1-3H2/t8-,9+. The maximum absolute atomic E-state index is 8.80. The maximum Gasteiger partial charge on any atom is 0.100 e. The molecular formula is C11H10N2. The number of rotatable bonds is 0. The van der Waals surface area contributed by atoms with Gasteiger partial charge >= 0.3 is 0 Å². The van der Waals surface area contributed by atoms with Gasteiger partial charge in [-0.2, -0.15) is 10.5 Å². The molecule has 64 valence electrons. The third-order valence-corrected chi connectivity index (χ3v) is 2.92. The van der Waals surface area contributed by atoms with Crippen LogP contribution in [0.3, 0.4) is 0 Å². The molecule has 2 atom stereocenters. The van der Waals surface area contributed by atoms with Gasteiger partial charge in [0.2, 0.25) is 0 Å². The lowest BCUT2D eigenvalue weighted by Crippen LogP contribution is -2.09. The van der Waals surface area contributed by atoms with Crippen molar-refractivity contribution in [1.82, 2.24) is 0 Å². The van der Waals surface area contributed by atoms with Crippen molar-refractivity contribution in [2.24, 2.45) is 11.8 Å². The van der Waals surface area contributed by atoms with E-state index in [1.54, 1.807) is 0 Å². The van der Waals surface area contributed by atoms with Crippen molar-refractivity contribution in [3.05, 3.63) is 23.3 Å². The fraction of sp³-hybridized carbons (Fsp3) is 0.455. The first-order valence-corrected chi connectivity index (χ1v) is 4.59. The summed E-state index contributed by atoms with van der Waals surface area (Å²) in [5, 5.41) is 17.6. The van der Waals surface area contributed by atoms with Gasteiger partial charge in [0.1, 0.15) is 12.1 Å². The van der Waals surface area contributed by atoms with Crippen LogP contribution in [0, 0.1) is 34.5 Å². The van der Waals surface area contributed by atoms with Crippen molar-refractivity contribution in [2.45, 2.75) is 19.3 Å². The van der Waals surface area contributed by atoms with Crippen molar-refractivity contribution in [1.29, 1.82) is 10.5 Å².